The van der Waals surface area contributed by atoms with Gasteiger partial charge in [0.1, 0.15) is 11.7 Å². The van der Waals surface area contributed by atoms with Crippen molar-refractivity contribution in [2.45, 2.75) is 19.8 Å². The number of quaternary nitrogens is 1. The predicted molar refractivity (Wildman–Crippen MR) is 104 cm³/mol. The first kappa shape index (κ1) is 19.6. The molecule has 28 heavy (non-hydrogen) atoms. The largest absolute Gasteiger partial charge is 0.494 e. The zero-order valence-corrected chi connectivity index (χ0v) is 16.2. The fraction of sp³-hybridized carbons (Fsp3) is 0.455. The molecule has 4 atom stereocenters. The van der Waals surface area contributed by atoms with Crippen LogP contribution in [-0.4, -0.2) is 32.0 Å². The van der Waals surface area contributed by atoms with E-state index in [1.807, 2.05) is 31.2 Å². The van der Waals surface area contributed by atoms with Crippen LogP contribution in [0, 0.1) is 56.7 Å². The maximum absolute atomic E-state index is 10.0. The van der Waals surface area contributed by atoms with Gasteiger partial charge in [0.15, 0.2) is 5.41 Å². The van der Waals surface area contributed by atoms with Gasteiger partial charge in [-0.15, -0.1) is 0 Å². The highest BCUT2D eigenvalue weighted by Crippen LogP contribution is 2.52. The molecule has 142 valence electrons. The van der Waals surface area contributed by atoms with E-state index in [-0.39, 0.29) is 11.6 Å². The summed E-state index contributed by atoms with van der Waals surface area (Å²) in [6.45, 7) is 7.05. The van der Waals surface area contributed by atoms with Crippen LogP contribution in [0.4, 0.5) is 0 Å². The minimum atomic E-state index is -1.65. The molecule has 0 saturated heterocycles. The smallest absolute Gasteiger partial charge is 0.189 e. The molecular weight excluding hydrogens is 350 g/mol. The van der Waals surface area contributed by atoms with E-state index in [9.17, 15) is 15.8 Å². The molecule has 0 spiro atoms. The molecule has 1 aliphatic carbocycles. The molecular formula is C22H24N5O+. The van der Waals surface area contributed by atoms with Crippen LogP contribution < -0.4 is 9.64 Å². The van der Waals surface area contributed by atoms with Crippen molar-refractivity contribution in [2.75, 3.05) is 26.2 Å². The molecule has 1 fully saturated rings. The third-order valence-corrected chi connectivity index (χ3v) is 6.01. The Morgan fingerprint density at radius 1 is 1.18 bits per heavy atom. The number of ether oxygens (including phenoxy) is 1. The van der Waals surface area contributed by atoms with Gasteiger partial charge in [-0.05, 0) is 43.2 Å². The second kappa shape index (κ2) is 7.85. The Kier molecular flexibility index (Phi) is 5.50. The lowest BCUT2D eigenvalue weighted by Crippen LogP contribution is -3.13. The molecule has 6 nitrogen and oxygen atoms in total. The van der Waals surface area contributed by atoms with Gasteiger partial charge in [0.2, 0.25) is 0 Å². The highest BCUT2D eigenvalue weighted by atomic mass is 16.5. The Morgan fingerprint density at radius 3 is 2.39 bits per heavy atom. The van der Waals surface area contributed by atoms with Crippen LogP contribution in [0.3, 0.4) is 0 Å². The van der Waals surface area contributed by atoms with Crippen molar-refractivity contribution in [1.29, 1.82) is 21.2 Å². The number of hydrogen-bond donors (Lipinski definition) is 2. The van der Waals surface area contributed by atoms with Crippen LogP contribution in [0.15, 0.2) is 35.9 Å². The number of likely N-dealkylation sites (N-methyl/N-ethyl adjacent to an activating group) is 1. The molecule has 0 radical (unpaired) electrons. The Labute approximate surface area is 165 Å². The number of benzene rings is 1. The molecule has 1 saturated carbocycles. The van der Waals surface area contributed by atoms with Gasteiger partial charge in [0, 0.05) is 11.8 Å². The molecule has 1 heterocycles. The molecule has 2 unspecified atom stereocenters. The molecule has 0 aromatic heterocycles. The van der Waals surface area contributed by atoms with E-state index in [1.165, 1.54) is 4.90 Å². The van der Waals surface area contributed by atoms with E-state index < -0.39 is 17.3 Å². The summed E-state index contributed by atoms with van der Waals surface area (Å²) in [7, 11) is 0. The summed E-state index contributed by atoms with van der Waals surface area (Å²) in [5.74, 6) is -0.684. The molecule has 1 aliphatic heterocycles. The third-order valence-electron chi connectivity index (χ3n) is 6.01. The van der Waals surface area contributed by atoms with Crippen LogP contribution >= 0.6 is 0 Å². The average molecular weight is 374 g/mol. The normalized spacial score (nSPS) is 28.1. The van der Waals surface area contributed by atoms with Crippen molar-refractivity contribution in [3.8, 4) is 24.0 Å². The maximum atomic E-state index is 10.0. The van der Waals surface area contributed by atoms with Gasteiger partial charge in [0.05, 0.1) is 50.2 Å². The number of rotatable bonds is 4. The molecule has 1 aromatic carbocycles. The SMILES string of the molecule is CCOc1ccc([C@@H]2[C@H]3C[NH+](CC)CC=C3C(C#N)C(=N)C2(C#N)C#N)cc1. The topological polar surface area (TPSA) is 109 Å². The Bertz CT molecular complexity index is 898. The molecule has 2 aliphatic rings. The van der Waals surface area contributed by atoms with Crippen LogP contribution in [0.2, 0.25) is 0 Å². The number of fused-ring (bicyclic) bond motifs is 1. The van der Waals surface area contributed by atoms with Crippen molar-refractivity contribution in [3.63, 3.8) is 0 Å². The van der Waals surface area contributed by atoms with E-state index in [4.69, 9.17) is 10.1 Å². The zero-order chi connectivity index (χ0) is 20.3. The Balaban J connectivity index is 2.17. The fourth-order valence-electron chi connectivity index (χ4n) is 4.56. The first-order valence-corrected chi connectivity index (χ1v) is 9.63. The minimum Gasteiger partial charge on any atom is -0.494 e. The van der Waals surface area contributed by atoms with E-state index in [1.54, 1.807) is 0 Å². The molecule has 0 amide bonds. The lowest BCUT2D eigenvalue weighted by atomic mass is 9.54. The molecule has 0 bridgehead atoms. The standard InChI is InChI=1S/C22H23N5O/c1-3-27-10-9-17-18(11-23)21(26)22(13-24,14-25)20(19(17)12-27)15-5-7-16(8-6-15)28-4-2/h5-9,18-20,26H,3-4,10,12H2,1-2H3/p+1/t18?,19-,20+/m0/s1. The van der Waals surface area contributed by atoms with Crippen molar-refractivity contribution in [3.05, 3.63) is 41.5 Å². The molecule has 2 N–H and O–H groups in total. The van der Waals surface area contributed by atoms with E-state index in [0.29, 0.717) is 6.61 Å². The number of nitriles is 3. The lowest BCUT2D eigenvalue weighted by molar-refractivity contribution is -0.897. The Morgan fingerprint density at radius 2 is 1.86 bits per heavy atom. The van der Waals surface area contributed by atoms with Crippen LogP contribution in [0.5, 0.6) is 5.75 Å². The number of hydrogen-bond acceptors (Lipinski definition) is 5. The summed E-state index contributed by atoms with van der Waals surface area (Å²) in [5, 5.41) is 38.4. The lowest BCUT2D eigenvalue weighted by Gasteiger charge is -2.46. The maximum Gasteiger partial charge on any atom is 0.189 e. The van der Waals surface area contributed by atoms with Crippen LogP contribution in [0.25, 0.3) is 0 Å². The Hall–Kier alpha value is -3.14. The average Bonchev–Trinajstić information content (AvgIpc) is 2.73. The second-order valence-corrected chi connectivity index (χ2v) is 7.31. The fourth-order valence-corrected chi connectivity index (χ4v) is 4.56. The van der Waals surface area contributed by atoms with Gasteiger partial charge in [-0.25, -0.2) is 0 Å². The van der Waals surface area contributed by atoms with Gasteiger partial charge >= 0.3 is 0 Å². The zero-order valence-electron chi connectivity index (χ0n) is 16.2. The van der Waals surface area contributed by atoms with E-state index in [2.05, 4.69) is 31.2 Å². The van der Waals surface area contributed by atoms with Crippen molar-refractivity contribution in [1.82, 2.24) is 0 Å². The monoisotopic (exact) mass is 374 g/mol. The van der Waals surface area contributed by atoms with Gasteiger partial charge in [0.25, 0.3) is 0 Å². The number of nitrogens with zero attached hydrogens (tertiary/aromatic N) is 3. The van der Waals surface area contributed by atoms with Gasteiger partial charge in [-0.2, -0.15) is 15.8 Å². The summed E-state index contributed by atoms with van der Waals surface area (Å²) < 4.78 is 5.52. The van der Waals surface area contributed by atoms with Gasteiger partial charge < -0.3 is 15.0 Å². The summed E-state index contributed by atoms with van der Waals surface area (Å²) >= 11 is 0. The summed E-state index contributed by atoms with van der Waals surface area (Å²) in [6, 6.07) is 13.9. The first-order chi connectivity index (χ1) is 13.6. The number of nitrogens with one attached hydrogen (secondary N) is 2. The van der Waals surface area contributed by atoms with E-state index >= 15 is 0 Å². The van der Waals surface area contributed by atoms with Crippen molar-refractivity contribution < 1.29 is 9.64 Å². The minimum absolute atomic E-state index is 0.0960. The molecule has 3 rings (SSSR count). The van der Waals surface area contributed by atoms with Crippen LogP contribution in [0.1, 0.15) is 25.3 Å². The van der Waals surface area contributed by atoms with Crippen molar-refractivity contribution >= 4 is 5.71 Å². The first-order valence-electron chi connectivity index (χ1n) is 9.63. The highest BCUT2D eigenvalue weighted by Gasteiger charge is 2.58. The van der Waals surface area contributed by atoms with Gasteiger partial charge in [-0.1, -0.05) is 12.1 Å². The van der Waals surface area contributed by atoms with E-state index in [0.717, 1.165) is 36.5 Å². The second-order valence-electron chi connectivity index (χ2n) is 7.31. The van der Waals surface area contributed by atoms with Crippen LogP contribution in [-0.2, 0) is 0 Å². The summed E-state index contributed by atoms with van der Waals surface area (Å²) in [5.41, 5.74) is -0.0156. The predicted octanol–water partition coefficient (Wildman–Crippen LogP) is 1.84. The highest BCUT2D eigenvalue weighted by molar-refractivity contribution is 6.00. The molecule has 1 aromatic rings. The van der Waals surface area contributed by atoms with Crippen molar-refractivity contribution in [2.24, 2.45) is 17.3 Å². The summed E-state index contributed by atoms with van der Waals surface area (Å²) in [4.78, 5) is 1.35. The third kappa shape index (κ3) is 2.95. The molecule has 6 heteroatoms. The van der Waals surface area contributed by atoms with Gasteiger partial charge in [-0.3, -0.25) is 0 Å². The quantitative estimate of drug-likeness (QED) is 0.784. The summed E-state index contributed by atoms with van der Waals surface area (Å²) in [6.07, 6.45) is 2.05.